The second kappa shape index (κ2) is 3.68. The number of nitrogens with one attached hydrogen (secondary N) is 1. The van der Waals surface area contributed by atoms with Crippen molar-refractivity contribution in [1.82, 2.24) is 10.2 Å². The lowest BCUT2D eigenvalue weighted by Gasteiger charge is -2.30. The van der Waals surface area contributed by atoms with Crippen molar-refractivity contribution < 1.29 is 4.79 Å². The van der Waals surface area contributed by atoms with Crippen LogP contribution in [0.1, 0.15) is 6.92 Å². The SMILES string of the molecule is CCN1CCNCC1[C]=O. The summed E-state index contributed by atoms with van der Waals surface area (Å²) in [6.07, 6.45) is 2.02. The van der Waals surface area contributed by atoms with Gasteiger partial charge in [0.15, 0.2) is 0 Å². The van der Waals surface area contributed by atoms with Crippen LogP contribution in [-0.4, -0.2) is 43.4 Å². The highest BCUT2D eigenvalue weighted by atomic mass is 16.1. The third-order valence-corrected chi connectivity index (χ3v) is 1.90. The van der Waals surface area contributed by atoms with Crippen LogP contribution in [0.15, 0.2) is 0 Å². The molecule has 1 aliphatic rings. The largest absolute Gasteiger partial charge is 0.313 e. The Kier molecular flexibility index (Phi) is 2.83. The average Bonchev–Trinajstić information content (AvgIpc) is 2.04. The fraction of sp³-hybridized carbons (Fsp3) is 0.857. The first-order valence-electron chi connectivity index (χ1n) is 3.71. The van der Waals surface area contributed by atoms with E-state index in [2.05, 4.69) is 17.1 Å². The topological polar surface area (TPSA) is 32.3 Å². The zero-order chi connectivity index (χ0) is 7.40. The van der Waals surface area contributed by atoms with Crippen molar-refractivity contribution in [3.8, 4) is 0 Å². The van der Waals surface area contributed by atoms with Gasteiger partial charge in [0.1, 0.15) is 0 Å². The van der Waals surface area contributed by atoms with Crippen LogP contribution in [0.4, 0.5) is 0 Å². The zero-order valence-electron chi connectivity index (χ0n) is 6.26. The first-order chi connectivity index (χ1) is 4.88. The summed E-state index contributed by atoms with van der Waals surface area (Å²) in [7, 11) is 0. The quantitative estimate of drug-likeness (QED) is 0.557. The third-order valence-electron chi connectivity index (χ3n) is 1.90. The Balaban J connectivity index is 2.41. The molecule has 3 nitrogen and oxygen atoms in total. The number of likely N-dealkylation sites (N-methyl/N-ethyl adjacent to an activating group) is 1. The molecule has 1 N–H and O–H groups in total. The van der Waals surface area contributed by atoms with E-state index in [0.29, 0.717) is 0 Å². The fourth-order valence-electron chi connectivity index (χ4n) is 1.24. The maximum absolute atomic E-state index is 10.3. The van der Waals surface area contributed by atoms with Crippen LogP contribution in [0, 0.1) is 0 Å². The molecule has 0 bridgehead atoms. The van der Waals surface area contributed by atoms with E-state index in [0.717, 1.165) is 26.2 Å². The van der Waals surface area contributed by atoms with Gasteiger partial charge in [0.05, 0.1) is 6.04 Å². The summed E-state index contributed by atoms with van der Waals surface area (Å²) >= 11 is 0. The Morgan fingerprint density at radius 3 is 3.10 bits per heavy atom. The van der Waals surface area contributed by atoms with Crippen molar-refractivity contribution in [3.63, 3.8) is 0 Å². The summed E-state index contributed by atoms with van der Waals surface area (Å²) in [5.41, 5.74) is 0. The lowest BCUT2D eigenvalue weighted by molar-refractivity contribution is 0.211. The van der Waals surface area contributed by atoms with Crippen molar-refractivity contribution in [2.45, 2.75) is 13.0 Å². The van der Waals surface area contributed by atoms with Crippen LogP contribution in [0.25, 0.3) is 0 Å². The molecular formula is C7H13N2O. The Bertz CT molecular complexity index is 116. The average molecular weight is 141 g/mol. The van der Waals surface area contributed by atoms with E-state index >= 15 is 0 Å². The Labute approximate surface area is 61.4 Å². The molecule has 0 spiro atoms. The van der Waals surface area contributed by atoms with Crippen LogP contribution in [0.3, 0.4) is 0 Å². The van der Waals surface area contributed by atoms with Crippen LogP contribution in [0.2, 0.25) is 0 Å². The molecule has 0 aromatic carbocycles. The van der Waals surface area contributed by atoms with E-state index in [4.69, 9.17) is 0 Å². The van der Waals surface area contributed by atoms with Gasteiger partial charge >= 0.3 is 0 Å². The van der Waals surface area contributed by atoms with Crippen LogP contribution >= 0.6 is 0 Å². The molecule has 1 saturated heterocycles. The van der Waals surface area contributed by atoms with Gasteiger partial charge in [-0.1, -0.05) is 6.92 Å². The second-order valence-electron chi connectivity index (χ2n) is 2.47. The predicted octanol–water partition coefficient (Wildman–Crippen LogP) is -0.610. The van der Waals surface area contributed by atoms with E-state index in [-0.39, 0.29) is 6.04 Å². The summed E-state index contributed by atoms with van der Waals surface area (Å²) in [5, 5.41) is 3.15. The Hall–Kier alpha value is -0.410. The van der Waals surface area contributed by atoms with Gasteiger partial charge in [-0.3, -0.25) is 9.69 Å². The van der Waals surface area contributed by atoms with Gasteiger partial charge in [0.2, 0.25) is 6.29 Å². The zero-order valence-corrected chi connectivity index (χ0v) is 6.26. The fourth-order valence-corrected chi connectivity index (χ4v) is 1.24. The van der Waals surface area contributed by atoms with Crippen LogP contribution in [-0.2, 0) is 4.79 Å². The van der Waals surface area contributed by atoms with Crippen molar-refractivity contribution in [3.05, 3.63) is 0 Å². The van der Waals surface area contributed by atoms with E-state index in [1.165, 1.54) is 0 Å². The predicted molar refractivity (Wildman–Crippen MR) is 39.6 cm³/mol. The smallest absolute Gasteiger partial charge is 0.218 e. The molecular weight excluding hydrogens is 128 g/mol. The van der Waals surface area contributed by atoms with E-state index in [1.54, 1.807) is 0 Å². The van der Waals surface area contributed by atoms with E-state index in [1.807, 2.05) is 6.29 Å². The molecule has 0 amide bonds. The maximum atomic E-state index is 10.3. The first-order valence-corrected chi connectivity index (χ1v) is 3.71. The van der Waals surface area contributed by atoms with Crippen LogP contribution < -0.4 is 5.32 Å². The number of hydrogen-bond acceptors (Lipinski definition) is 3. The molecule has 1 rings (SSSR count). The Morgan fingerprint density at radius 2 is 2.60 bits per heavy atom. The van der Waals surface area contributed by atoms with Gasteiger partial charge in [-0.15, -0.1) is 0 Å². The number of carbonyl (C=O) groups excluding carboxylic acids is 1. The summed E-state index contributed by atoms with van der Waals surface area (Å²) < 4.78 is 0. The molecule has 0 aromatic heterocycles. The number of hydrogen-bond donors (Lipinski definition) is 1. The highest BCUT2D eigenvalue weighted by molar-refractivity contribution is 5.59. The summed E-state index contributed by atoms with van der Waals surface area (Å²) in [6, 6.07) is -0.0150. The third kappa shape index (κ3) is 1.55. The van der Waals surface area contributed by atoms with Gasteiger partial charge in [-0.25, -0.2) is 0 Å². The minimum absolute atomic E-state index is 0.0150. The minimum atomic E-state index is -0.0150. The monoisotopic (exact) mass is 141 g/mol. The van der Waals surface area contributed by atoms with Crippen molar-refractivity contribution in [1.29, 1.82) is 0 Å². The molecule has 3 heteroatoms. The molecule has 0 aliphatic carbocycles. The van der Waals surface area contributed by atoms with Crippen molar-refractivity contribution in [2.75, 3.05) is 26.2 Å². The molecule has 1 unspecified atom stereocenters. The molecule has 1 heterocycles. The Morgan fingerprint density at radius 1 is 1.80 bits per heavy atom. The van der Waals surface area contributed by atoms with Gasteiger partial charge in [-0.05, 0) is 6.54 Å². The molecule has 57 valence electrons. The summed E-state index contributed by atoms with van der Waals surface area (Å²) in [6.45, 7) is 5.73. The minimum Gasteiger partial charge on any atom is -0.313 e. The molecule has 1 fully saturated rings. The highest BCUT2D eigenvalue weighted by Crippen LogP contribution is 1.98. The van der Waals surface area contributed by atoms with Gasteiger partial charge in [-0.2, -0.15) is 0 Å². The van der Waals surface area contributed by atoms with Crippen molar-refractivity contribution in [2.24, 2.45) is 0 Å². The molecule has 1 atom stereocenters. The summed E-state index contributed by atoms with van der Waals surface area (Å²) in [4.78, 5) is 12.5. The molecule has 0 saturated carbocycles. The number of nitrogens with zero attached hydrogens (tertiary/aromatic N) is 1. The normalized spacial score (nSPS) is 28.3. The molecule has 0 aromatic rings. The maximum Gasteiger partial charge on any atom is 0.218 e. The first kappa shape index (κ1) is 7.69. The lowest BCUT2D eigenvalue weighted by atomic mass is 10.2. The van der Waals surface area contributed by atoms with Gasteiger partial charge in [0.25, 0.3) is 0 Å². The highest BCUT2D eigenvalue weighted by Gasteiger charge is 2.19. The molecule has 10 heavy (non-hydrogen) atoms. The number of piperazine rings is 1. The van der Waals surface area contributed by atoms with E-state index < -0.39 is 0 Å². The molecule has 1 aliphatic heterocycles. The number of rotatable bonds is 2. The van der Waals surface area contributed by atoms with E-state index in [9.17, 15) is 4.79 Å². The van der Waals surface area contributed by atoms with Gasteiger partial charge in [0, 0.05) is 19.6 Å². The van der Waals surface area contributed by atoms with Gasteiger partial charge < -0.3 is 5.32 Å². The summed E-state index contributed by atoms with van der Waals surface area (Å²) in [5.74, 6) is 0. The van der Waals surface area contributed by atoms with Crippen molar-refractivity contribution >= 4 is 6.29 Å². The lowest BCUT2D eigenvalue weighted by Crippen LogP contribution is -2.51. The molecule has 1 radical (unpaired) electrons. The second-order valence-corrected chi connectivity index (χ2v) is 2.47. The standard InChI is InChI=1S/C7H13N2O/c1-2-9-4-3-8-5-7(9)6-10/h7-8H,2-5H2,1H3. The van der Waals surface area contributed by atoms with Crippen LogP contribution in [0.5, 0.6) is 0 Å².